The monoisotopic (exact) mass is 283 g/mol. The molecule has 1 atom stereocenters. The Morgan fingerprint density at radius 2 is 1.84 bits per heavy atom. The minimum Gasteiger partial charge on any atom is -0.374 e. The van der Waals surface area contributed by atoms with Crippen LogP contribution in [-0.4, -0.2) is 19.2 Å². The van der Waals surface area contributed by atoms with Crippen molar-refractivity contribution in [2.45, 2.75) is 46.3 Å². The number of rotatable bonds is 9. The Morgan fingerprint density at radius 3 is 2.47 bits per heavy atom. The molecule has 0 bridgehead atoms. The molecule has 0 radical (unpaired) electrons. The summed E-state index contributed by atoms with van der Waals surface area (Å²) < 4.78 is 5.82. The van der Waals surface area contributed by atoms with Gasteiger partial charge in [-0.15, -0.1) is 0 Å². The van der Waals surface area contributed by atoms with Gasteiger partial charge in [-0.1, -0.05) is 37.6 Å². The lowest BCUT2D eigenvalue weighted by atomic mass is 10.2. The minimum absolute atomic E-state index is 0.302. The third-order valence-electron chi connectivity index (χ3n) is 2.96. The van der Waals surface area contributed by atoms with E-state index in [1.807, 2.05) is 24.3 Å². The third-order valence-corrected chi connectivity index (χ3v) is 3.22. The lowest BCUT2D eigenvalue weighted by Crippen LogP contribution is -2.21. The van der Waals surface area contributed by atoms with Crippen molar-refractivity contribution in [1.29, 1.82) is 0 Å². The number of benzene rings is 1. The highest BCUT2D eigenvalue weighted by molar-refractivity contribution is 6.30. The van der Waals surface area contributed by atoms with Gasteiger partial charge in [0, 0.05) is 5.02 Å². The molecule has 0 aliphatic carbocycles. The maximum absolute atomic E-state index is 5.85. The van der Waals surface area contributed by atoms with E-state index in [1.54, 1.807) is 0 Å². The first-order chi connectivity index (χ1) is 9.08. The molecular formula is C16H26ClNO. The fourth-order valence-corrected chi connectivity index (χ4v) is 1.93. The van der Waals surface area contributed by atoms with Crippen LogP contribution in [0.4, 0.5) is 0 Å². The van der Waals surface area contributed by atoms with Gasteiger partial charge in [0.25, 0.3) is 0 Å². The van der Waals surface area contributed by atoms with Crippen molar-refractivity contribution >= 4 is 11.6 Å². The van der Waals surface area contributed by atoms with Gasteiger partial charge in [-0.3, -0.25) is 0 Å². The lowest BCUT2D eigenvalue weighted by molar-refractivity contribution is 0.0463. The van der Waals surface area contributed by atoms with E-state index in [0.717, 1.165) is 36.9 Å². The van der Waals surface area contributed by atoms with E-state index in [9.17, 15) is 0 Å². The summed E-state index contributed by atoms with van der Waals surface area (Å²) in [5, 5.41) is 4.22. The summed E-state index contributed by atoms with van der Waals surface area (Å²) in [5.74, 6) is 0.721. The summed E-state index contributed by atoms with van der Waals surface area (Å²) in [6.07, 6.45) is 2.56. The van der Waals surface area contributed by atoms with Crippen molar-refractivity contribution in [2.75, 3.05) is 13.1 Å². The number of nitrogens with one attached hydrogen (secondary N) is 1. The predicted molar refractivity (Wildman–Crippen MR) is 82.6 cm³/mol. The van der Waals surface area contributed by atoms with Crippen LogP contribution in [0.5, 0.6) is 0 Å². The molecule has 0 aliphatic heterocycles. The second-order valence-electron chi connectivity index (χ2n) is 5.49. The smallest absolute Gasteiger partial charge is 0.0720 e. The second kappa shape index (κ2) is 9.35. The molecule has 0 heterocycles. The summed E-state index contributed by atoms with van der Waals surface area (Å²) in [7, 11) is 0. The molecule has 0 saturated carbocycles. The normalized spacial score (nSPS) is 12.9. The average Bonchev–Trinajstić information content (AvgIpc) is 2.37. The molecule has 1 N–H and O–H groups in total. The predicted octanol–water partition coefficient (Wildman–Crippen LogP) is 4.27. The molecule has 0 amide bonds. The number of ether oxygens (including phenoxy) is 1. The Kier molecular flexibility index (Phi) is 8.11. The van der Waals surface area contributed by atoms with Crippen molar-refractivity contribution in [3.8, 4) is 0 Å². The first-order valence-electron chi connectivity index (χ1n) is 7.14. The maximum atomic E-state index is 5.85. The molecule has 108 valence electrons. The van der Waals surface area contributed by atoms with E-state index in [4.69, 9.17) is 16.3 Å². The van der Waals surface area contributed by atoms with Crippen molar-refractivity contribution in [2.24, 2.45) is 5.92 Å². The Morgan fingerprint density at radius 1 is 1.16 bits per heavy atom. The molecule has 3 heteroatoms. The summed E-state index contributed by atoms with van der Waals surface area (Å²) in [4.78, 5) is 0. The Hall–Kier alpha value is -0.570. The largest absolute Gasteiger partial charge is 0.374 e. The first-order valence-corrected chi connectivity index (χ1v) is 7.52. The third kappa shape index (κ3) is 8.25. The van der Waals surface area contributed by atoms with Crippen molar-refractivity contribution < 1.29 is 4.74 Å². The van der Waals surface area contributed by atoms with Gasteiger partial charge in [-0.2, -0.15) is 0 Å². The number of hydrogen-bond acceptors (Lipinski definition) is 2. The minimum atomic E-state index is 0.302. The number of halogens is 1. The van der Waals surface area contributed by atoms with E-state index < -0.39 is 0 Å². The average molecular weight is 284 g/mol. The highest BCUT2D eigenvalue weighted by Crippen LogP contribution is 2.12. The summed E-state index contributed by atoms with van der Waals surface area (Å²) >= 11 is 5.85. The van der Waals surface area contributed by atoms with Gasteiger partial charge in [0.2, 0.25) is 0 Å². The summed E-state index contributed by atoms with van der Waals surface area (Å²) in [6, 6.07) is 7.83. The quantitative estimate of drug-likeness (QED) is 0.683. The standard InChI is InChI=1S/C16H26ClNO/c1-13(2)11-18-10-4-5-14(3)19-12-15-6-8-16(17)9-7-15/h6-9,13-14,18H,4-5,10-12H2,1-3H3. The molecule has 2 nitrogen and oxygen atoms in total. The van der Waals surface area contributed by atoms with E-state index in [2.05, 4.69) is 26.1 Å². The highest BCUT2D eigenvalue weighted by atomic mass is 35.5. The van der Waals surface area contributed by atoms with Crippen LogP contribution >= 0.6 is 11.6 Å². The lowest BCUT2D eigenvalue weighted by Gasteiger charge is -2.14. The first kappa shape index (κ1) is 16.5. The zero-order chi connectivity index (χ0) is 14.1. The van der Waals surface area contributed by atoms with Gasteiger partial charge in [0.1, 0.15) is 0 Å². The molecule has 0 aromatic heterocycles. The molecule has 0 aliphatic rings. The van der Waals surface area contributed by atoms with Crippen molar-refractivity contribution in [1.82, 2.24) is 5.32 Å². The van der Waals surface area contributed by atoms with Gasteiger partial charge in [-0.25, -0.2) is 0 Å². The van der Waals surface area contributed by atoms with Crippen LogP contribution < -0.4 is 5.32 Å². The number of hydrogen-bond donors (Lipinski definition) is 1. The van der Waals surface area contributed by atoms with E-state index in [0.29, 0.717) is 12.7 Å². The van der Waals surface area contributed by atoms with Gasteiger partial charge in [0.05, 0.1) is 12.7 Å². The highest BCUT2D eigenvalue weighted by Gasteiger charge is 2.03. The van der Waals surface area contributed by atoms with Crippen LogP contribution in [-0.2, 0) is 11.3 Å². The fraction of sp³-hybridized carbons (Fsp3) is 0.625. The zero-order valence-corrected chi connectivity index (χ0v) is 13.0. The molecule has 1 unspecified atom stereocenters. The Labute approximate surface area is 122 Å². The van der Waals surface area contributed by atoms with Gasteiger partial charge in [-0.05, 0) is 56.5 Å². The maximum Gasteiger partial charge on any atom is 0.0720 e. The van der Waals surface area contributed by atoms with Crippen molar-refractivity contribution in [3.63, 3.8) is 0 Å². The Balaban J connectivity index is 2.07. The summed E-state index contributed by atoms with van der Waals surface area (Å²) in [5.41, 5.74) is 1.18. The molecule has 19 heavy (non-hydrogen) atoms. The summed E-state index contributed by atoms with van der Waals surface area (Å²) in [6.45, 7) is 9.43. The van der Waals surface area contributed by atoms with Gasteiger partial charge >= 0.3 is 0 Å². The molecular weight excluding hydrogens is 258 g/mol. The van der Waals surface area contributed by atoms with Crippen molar-refractivity contribution in [3.05, 3.63) is 34.9 Å². The molecule has 1 aromatic carbocycles. The molecule has 1 aromatic rings. The second-order valence-corrected chi connectivity index (χ2v) is 5.92. The van der Waals surface area contributed by atoms with E-state index in [-0.39, 0.29) is 0 Å². The van der Waals surface area contributed by atoms with Crippen LogP contribution in [0.25, 0.3) is 0 Å². The fourth-order valence-electron chi connectivity index (χ4n) is 1.81. The SMILES string of the molecule is CC(C)CNCCCC(C)OCc1ccc(Cl)cc1. The van der Waals surface area contributed by atoms with Gasteiger partial charge < -0.3 is 10.1 Å². The molecule has 0 spiro atoms. The van der Waals surface area contributed by atoms with Crippen LogP contribution in [0.3, 0.4) is 0 Å². The molecule has 0 saturated heterocycles. The topological polar surface area (TPSA) is 21.3 Å². The molecule has 1 rings (SSSR count). The van der Waals surface area contributed by atoms with E-state index in [1.165, 1.54) is 5.56 Å². The zero-order valence-electron chi connectivity index (χ0n) is 12.3. The van der Waals surface area contributed by atoms with Gasteiger partial charge in [0.15, 0.2) is 0 Å². The van der Waals surface area contributed by atoms with Crippen LogP contribution in [0.1, 0.15) is 39.2 Å². The Bertz CT molecular complexity index is 337. The van der Waals surface area contributed by atoms with E-state index >= 15 is 0 Å². The van der Waals surface area contributed by atoms with Crippen LogP contribution in [0.2, 0.25) is 5.02 Å². The molecule has 0 fully saturated rings. The van der Waals surface area contributed by atoms with Crippen LogP contribution in [0, 0.1) is 5.92 Å². The van der Waals surface area contributed by atoms with Crippen LogP contribution in [0.15, 0.2) is 24.3 Å².